The quantitative estimate of drug-likeness (QED) is 0.0977. The van der Waals surface area contributed by atoms with Crippen LogP contribution in [0.4, 0.5) is 28.4 Å². The summed E-state index contributed by atoms with van der Waals surface area (Å²) in [4.78, 5) is 2.47. The van der Waals surface area contributed by atoms with E-state index in [4.69, 9.17) is 4.74 Å². The Balaban J connectivity index is 1.12. The van der Waals surface area contributed by atoms with E-state index in [1.54, 1.807) is 0 Å². The minimum absolute atomic E-state index is 0.110. The predicted octanol–water partition coefficient (Wildman–Crippen LogP) is 17.9. The highest BCUT2D eigenvalue weighted by molar-refractivity contribution is 7.25. The summed E-state index contributed by atoms with van der Waals surface area (Å²) >= 11 is 1.95. The van der Waals surface area contributed by atoms with E-state index in [2.05, 4.69) is 209 Å². The van der Waals surface area contributed by atoms with Gasteiger partial charge in [0.15, 0.2) is 18.8 Å². The fourth-order valence-corrected chi connectivity index (χ4v) is 13.6. The molecule has 2 aliphatic heterocycles. The Kier molecular flexibility index (Phi) is 11.0. The van der Waals surface area contributed by atoms with Crippen LogP contribution in [0.15, 0.2) is 146 Å². The molecule has 1 aliphatic carbocycles. The van der Waals surface area contributed by atoms with Crippen molar-refractivity contribution in [3.63, 3.8) is 0 Å². The van der Waals surface area contributed by atoms with Gasteiger partial charge < -0.3 is 19.5 Å². The Labute approximate surface area is 429 Å². The van der Waals surface area contributed by atoms with Gasteiger partial charge in [-0.3, -0.25) is 0 Å². The van der Waals surface area contributed by atoms with E-state index in [9.17, 15) is 0 Å². The van der Waals surface area contributed by atoms with E-state index in [0.717, 1.165) is 52.8 Å². The van der Waals surface area contributed by atoms with Crippen molar-refractivity contribution in [2.75, 3.05) is 10.2 Å². The summed E-state index contributed by atoms with van der Waals surface area (Å²) in [6.07, 6.45) is 11.9. The fraction of sp³-hybridized carbons (Fsp3) is 0.273. The van der Waals surface area contributed by atoms with Crippen LogP contribution in [-0.4, -0.2) is 11.8 Å². The monoisotopic (exact) mass is 956 g/mol. The first-order valence-corrected chi connectivity index (χ1v) is 27.6. The van der Waals surface area contributed by atoms with Crippen LogP contribution in [-0.2, 0) is 23.7 Å². The second-order valence-electron chi connectivity index (χ2n) is 22.2. The number of thiophene rings is 1. The summed E-state index contributed by atoms with van der Waals surface area (Å²) in [7, 11) is 2.52. The van der Waals surface area contributed by atoms with Crippen LogP contribution in [0, 0.1) is 0 Å². The highest BCUT2D eigenvalue weighted by Gasteiger charge is 2.38. The molecule has 72 heavy (non-hydrogen) atoms. The van der Waals surface area contributed by atoms with Crippen molar-refractivity contribution in [3.8, 4) is 28.3 Å². The van der Waals surface area contributed by atoms with Gasteiger partial charge in [0.25, 0.3) is 0 Å². The van der Waals surface area contributed by atoms with Gasteiger partial charge in [-0.25, -0.2) is 0 Å². The molecule has 4 heterocycles. The molecule has 4 nitrogen and oxygen atoms in total. The van der Waals surface area contributed by atoms with Crippen LogP contribution in [0.1, 0.15) is 115 Å². The molecule has 0 atom stereocenters. The van der Waals surface area contributed by atoms with Crippen LogP contribution in [0.25, 0.3) is 58.8 Å². The number of anilines is 5. The average Bonchev–Trinajstić information content (AvgIpc) is 3.93. The highest BCUT2D eigenvalue weighted by atomic mass is 32.1. The first kappa shape index (κ1) is 45.1. The molecule has 357 valence electrons. The number of rotatable bonds is 12. The Morgan fingerprint density at radius 3 is 1.92 bits per heavy atom. The minimum atomic E-state index is 0.110. The summed E-state index contributed by atoms with van der Waals surface area (Å²) < 4.78 is 11.9. The number of nitrogens with zero attached hydrogens (tertiary/aromatic N) is 2. The van der Waals surface area contributed by atoms with Gasteiger partial charge in [-0.1, -0.05) is 139 Å². The number of hydrogen-bond acceptors (Lipinski definition) is 4. The lowest BCUT2D eigenvalue weighted by Gasteiger charge is -2.41. The number of ether oxygens (including phenoxy) is 1. The predicted molar refractivity (Wildman–Crippen MR) is 310 cm³/mol. The second kappa shape index (κ2) is 17.5. The number of hydrogen-bond donors (Lipinski definition) is 1. The van der Waals surface area contributed by atoms with Crippen molar-refractivity contribution < 1.29 is 4.74 Å². The third-order valence-electron chi connectivity index (χ3n) is 16.5. The molecule has 1 N–H and O–H groups in total. The SMILES string of the molecule is CCCCCc1ccc(Nc2cc3c(cc2-c2cc(N4c5ccccc5Oc5ccccc54)c4c5ccccc5n5c4c2[B]c2cc(CCCCC)ccc2-5)sc2cc4c(cc23)C(C)(C)CCC4(C)C)cc1. The fourth-order valence-electron chi connectivity index (χ4n) is 12.4. The zero-order chi connectivity index (χ0) is 48.9. The van der Waals surface area contributed by atoms with Crippen LogP contribution >= 0.6 is 11.3 Å². The highest BCUT2D eigenvalue weighted by Crippen LogP contribution is 2.55. The van der Waals surface area contributed by atoms with Crippen molar-refractivity contribution >= 4 is 100.0 Å². The van der Waals surface area contributed by atoms with Crippen LogP contribution < -0.4 is 25.9 Å². The van der Waals surface area contributed by atoms with E-state index < -0.39 is 0 Å². The standard InChI is InChI=1S/C66H63BN3OS/c1-7-9-11-19-41-27-30-43(31-28-41)68-52-37-47-46-36-49-50(66(5,6)34-33-65(49,3)4)40-61(46)72-60(47)39-45(52)48-38-57(69-55-23-15-17-25-58(55)71-59-26-18-16-24-56(59)69)62-44-21-13-14-22-53(44)70-54-32-29-42(20-12-10-8-2)35-51(54)67-63(48)64(62)70/h13-18,21-32,35-40,68H,7-12,19-20,33-34H2,1-6H3. The van der Waals surface area contributed by atoms with Gasteiger partial charge in [-0.2, -0.15) is 0 Å². The van der Waals surface area contributed by atoms with E-state index in [1.165, 1.54) is 143 Å². The van der Waals surface area contributed by atoms with Crippen LogP contribution in [0.2, 0.25) is 0 Å². The lowest BCUT2D eigenvalue weighted by molar-refractivity contribution is 0.332. The molecule has 0 spiro atoms. The van der Waals surface area contributed by atoms with E-state index in [1.807, 2.05) is 11.3 Å². The molecule has 0 unspecified atom stereocenters. The van der Waals surface area contributed by atoms with Gasteiger partial charge in [0, 0.05) is 53.6 Å². The van der Waals surface area contributed by atoms with Gasteiger partial charge >= 0.3 is 0 Å². The summed E-state index contributed by atoms with van der Waals surface area (Å²) in [5.74, 6) is 1.69. The molecule has 6 heteroatoms. The molecule has 0 saturated heterocycles. The van der Waals surface area contributed by atoms with Crippen molar-refractivity contribution in [1.82, 2.24) is 4.57 Å². The van der Waals surface area contributed by atoms with Crippen molar-refractivity contribution in [2.45, 2.75) is 117 Å². The summed E-state index contributed by atoms with van der Waals surface area (Å²) in [6, 6.07) is 55.2. The maximum Gasteiger partial charge on any atom is 0.197 e. The first-order valence-electron chi connectivity index (χ1n) is 26.7. The summed E-state index contributed by atoms with van der Waals surface area (Å²) in [5.41, 5.74) is 20.0. The van der Waals surface area contributed by atoms with E-state index >= 15 is 0 Å². The van der Waals surface area contributed by atoms with Gasteiger partial charge in [-0.05, 0) is 161 Å². The lowest BCUT2D eigenvalue weighted by Crippen LogP contribution is -2.38. The third-order valence-corrected chi connectivity index (χ3v) is 17.6. The summed E-state index contributed by atoms with van der Waals surface area (Å²) in [6.45, 7) is 14.4. The number of aromatic nitrogens is 1. The molecule has 13 rings (SSSR count). The number of para-hydroxylation sites is 5. The Bertz CT molecular complexity index is 3740. The molecule has 0 bridgehead atoms. The Morgan fingerprint density at radius 1 is 0.569 bits per heavy atom. The van der Waals surface area contributed by atoms with Crippen molar-refractivity contribution in [2.24, 2.45) is 0 Å². The molecule has 0 fully saturated rings. The topological polar surface area (TPSA) is 29.4 Å². The molecule has 0 saturated carbocycles. The van der Waals surface area contributed by atoms with Crippen molar-refractivity contribution in [1.29, 1.82) is 0 Å². The molecule has 8 aromatic carbocycles. The van der Waals surface area contributed by atoms with Crippen LogP contribution in [0.5, 0.6) is 11.5 Å². The molecular formula is C66H63BN3OS. The average molecular weight is 957 g/mol. The molecule has 0 amide bonds. The minimum Gasteiger partial charge on any atom is -0.453 e. The molecule has 1 radical (unpaired) electrons. The maximum absolute atomic E-state index is 6.70. The largest absolute Gasteiger partial charge is 0.453 e. The van der Waals surface area contributed by atoms with Crippen molar-refractivity contribution in [3.05, 3.63) is 168 Å². The van der Waals surface area contributed by atoms with Gasteiger partial charge in [0.1, 0.15) is 0 Å². The second-order valence-corrected chi connectivity index (χ2v) is 23.3. The normalized spacial score (nSPS) is 15.0. The summed E-state index contributed by atoms with van der Waals surface area (Å²) in [5, 5.41) is 9.23. The lowest BCUT2D eigenvalue weighted by atomic mass is 9.58. The molecule has 10 aromatic rings. The zero-order valence-electron chi connectivity index (χ0n) is 42.7. The Hall–Kier alpha value is -6.76. The smallest absolute Gasteiger partial charge is 0.197 e. The van der Waals surface area contributed by atoms with Gasteiger partial charge in [0.05, 0.1) is 28.1 Å². The maximum atomic E-state index is 6.70. The molecule has 3 aliphatic rings. The van der Waals surface area contributed by atoms with E-state index in [0.29, 0.717) is 0 Å². The number of benzene rings is 8. The number of nitrogens with one attached hydrogen (secondary N) is 1. The number of fused-ring (bicyclic) bond motifs is 11. The number of unbranched alkanes of at least 4 members (excludes halogenated alkanes) is 4. The molecular weight excluding hydrogens is 894 g/mol. The molecule has 2 aromatic heterocycles. The zero-order valence-corrected chi connectivity index (χ0v) is 43.5. The third kappa shape index (κ3) is 7.38. The van der Waals surface area contributed by atoms with Gasteiger partial charge in [0.2, 0.25) is 0 Å². The van der Waals surface area contributed by atoms with E-state index in [-0.39, 0.29) is 10.8 Å². The Morgan fingerprint density at radius 2 is 1.19 bits per heavy atom. The number of aryl methyl sites for hydroxylation is 2. The first-order chi connectivity index (χ1) is 35.1. The van der Waals surface area contributed by atoms with Gasteiger partial charge in [-0.15, -0.1) is 11.3 Å². The van der Waals surface area contributed by atoms with Crippen LogP contribution in [0.3, 0.4) is 0 Å².